The van der Waals surface area contributed by atoms with Crippen LogP contribution in [0.1, 0.15) is 12.0 Å². The summed E-state index contributed by atoms with van der Waals surface area (Å²) in [5, 5.41) is 3.08. The van der Waals surface area contributed by atoms with Crippen LogP contribution in [0.4, 0.5) is 10.1 Å². The first kappa shape index (κ1) is 12.3. The second-order valence-corrected chi connectivity index (χ2v) is 4.40. The van der Waals surface area contributed by atoms with Gasteiger partial charge in [0.1, 0.15) is 5.82 Å². The highest BCUT2D eigenvalue weighted by Gasteiger charge is 2.23. The van der Waals surface area contributed by atoms with Gasteiger partial charge in [0.2, 0.25) is 0 Å². The molecule has 0 saturated carbocycles. The first-order valence-corrected chi connectivity index (χ1v) is 5.95. The molecule has 1 unspecified atom stereocenters. The summed E-state index contributed by atoms with van der Waals surface area (Å²) in [4.78, 5) is 2.26. The topological polar surface area (TPSA) is 24.5 Å². The van der Waals surface area contributed by atoms with Crippen molar-refractivity contribution in [1.29, 1.82) is 0 Å². The van der Waals surface area contributed by atoms with Crippen LogP contribution in [0, 0.1) is 5.82 Å². The fraction of sp³-hybridized carbons (Fsp3) is 0.538. The van der Waals surface area contributed by atoms with Crippen LogP contribution in [0.15, 0.2) is 18.2 Å². The lowest BCUT2D eigenvalue weighted by molar-refractivity contribution is 0.121. The second-order valence-electron chi connectivity index (χ2n) is 4.40. The van der Waals surface area contributed by atoms with E-state index in [-0.39, 0.29) is 5.82 Å². The van der Waals surface area contributed by atoms with Crippen LogP contribution in [0.2, 0.25) is 0 Å². The third-order valence-corrected chi connectivity index (χ3v) is 3.23. The predicted molar refractivity (Wildman–Crippen MR) is 66.8 cm³/mol. The Balaban J connectivity index is 2.19. The lowest BCUT2D eigenvalue weighted by atomic mass is 10.1. The Labute approximate surface area is 102 Å². The van der Waals surface area contributed by atoms with Gasteiger partial charge in [-0.15, -0.1) is 0 Å². The zero-order valence-electron chi connectivity index (χ0n) is 10.4. The summed E-state index contributed by atoms with van der Waals surface area (Å²) >= 11 is 0. The Morgan fingerprint density at radius 2 is 2.35 bits per heavy atom. The molecule has 2 rings (SSSR count). The summed E-state index contributed by atoms with van der Waals surface area (Å²) in [5.74, 6) is -0.179. The lowest BCUT2D eigenvalue weighted by Crippen LogP contribution is -2.24. The molecule has 1 aliphatic heterocycles. The van der Waals surface area contributed by atoms with Gasteiger partial charge in [-0.3, -0.25) is 0 Å². The first-order chi connectivity index (χ1) is 8.24. The fourth-order valence-corrected chi connectivity index (χ4v) is 2.33. The van der Waals surface area contributed by atoms with E-state index in [2.05, 4.69) is 10.2 Å². The molecule has 3 nitrogen and oxygen atoms in total. The summed E-state index contributed by atoms with van der Waals surface area (Å²) < 4.78 is 18.6. The average Bonchev–Trinajstić information content (AvgIpc) is 2.78. The molecule has 0 aromatic heterocycles. The van der Waals surface area contributed by atoms with Gasteiger partial charge < -0.3 is 15.0 Å². The first-order valence-electron chi connectivity index (χ1n) is 5.95. The minimum atomic E-state index is -0.179. The zero-order chi connectivity index (χ0) is 12.3. The molecule has 4 heteroatoms. The maximum Gasteiger partial charge on any atom is 0.123 e. The lowest BCUT2D eigenvalue weighted by Gasteiger charge is -2.22. The molecule has 0 bridgehead atoms. The van der Waals surface area contributed by atoms with Crippen molar-refractivity contribution in [3.05, 3.63) is 29.6 Å². The van der Waals surface area contributed by atoms with Crippen LogP contribution in [-0.4, -0.2) is 33.4 Å². The van der Waals surface area contributed by atoms with Crippen LogP contribution >= 0.6 is 0 Å². The SMILES string of the molecule is CNCc1cc(F)ccc1N1CCC(OC)C1. The molecule has 1 aromatic rings. The third kappa shape index (κ3) is 2.76. The molecule has 94 valence electrons. The molecule has 1 saturated heterocycles. The number of anilines is 1. The molecule has 1 atom stereocenters. The smallest absolute Gasteiger partial charge is 0.123 e. The van der Waals surface area contributed by atoms with Crippen LogP contribution < -0.4 is 10.2 Å². The standard InChI is InChI=1S/C13H19FN2O/c1-15-8-10-7-11(14)3-4-13(10)16-6-5-12(9-16)17-2/h3-4,7,12,15H,5-6,8-9H2,1-2H3. The molecule has 1 heterocycles. The van der Waals surface area contributed by atoms with E-state index in [9.17, 15) is 4.39 Å². The van der Waals surface area contributed by atoms with Gasteiger partial charge in [0.15, 0.2) is 0 Å². The minimum absolute atomic E-state index is 0.179. The number of hydrogen-bond donors (Lipinski definition) is 1. The minimum Gasteiger partial charge on any atom is -0.380 e. The highest BCUT2D eigenvalue weighted by molar-refractivity contribution is 5.54. The van der Waals surface area contributed by atoms with Crippen LogP contribution in [-0.2, 0) is 11.3 Å². The zero-order valence-corrected chi connectivity index (χ0v) is 10.4. The molecule has 17 heavy (non-hydrogen) atoms. The van der Waals surface area contributed by atoms with E-state index < -0.39 is 0 Å². The molecule has 0 amide bonds. The number of nitrogens with one attached hydrogen (secondary N) is 1. The van der Waals surface area contributed by atoms with Crippen molar-refractivity contribution in [3.8, 4) is 0 Å². The molecular weight excluding hydrogens is 219 g/mol. The summed E-state index contributed by atoms with van der Waals surface area (Å²) in [5.41, 5.74) is 2.12. The number of nitrogens with zero attached hydrogens (tertiary/aromatic N) is 1. The summed E-state index contributed by atoms with van der Waals surface area (Å²) in [6.45, 7) is 2.54. The normalized spacial score (nSPS) is 19.9. The maximum absolute atomic E-state index is 13.2. The highest BCUT2D eigenvalue weighted by atomic mass is 19.1. The molecular formula is C13H19FN2O. The van der Waals surface area contributed by atoms with Gasteiger partial charge in [0, 0.05) is 32.4 Å². The number of ether oxygens (including phenoxy) is 1. The van der Waals surface area contributed by atoms with Crippen molar-refractivity contribution in [2.24, 2.45) is 0 Å². The van der Waals surface area contributed by atoms with Gasteiger partial charge in [-0.05, 0) is 37.2 Å². The number of hydrogen-bond acceptors (Lipinski definition) is 3. The Hall–Kier alpha value is -1.13. The molecule has 1 fully saturated rings. The van der Waals surface area contributed by atoms with Gasteiger partial charge in [-0.1, -0.05) is 0 Å². The van der Waals surface area contributed by atoms with Gasteiger partial charge >= 0.3 is 0 Å². The molecule has 0 aliphatic carbocycles. The Morgan fingerprint density at radius 3 is 3.00 bits per heavy atom. The number of halogens is 1. The van der Waals surface area contributed by atoms with E-state index in [1.807, 2.05) is 13.1 Å². The second kappa shape index (κ2) is 5.47. The molecule has 0 radical (unpaired) electrons. The summed E-state index contributed by atoms with van der Waals surface area (Å²) in [7, 11) is 3.62. The van der Waals surface area contributed by atoms with Gasteiger partial charge in [-0.2, -0.15) is 0 Å². The van der Waals surface area contributed by atoms with Crippen LogP contribution in [0.3, 0.4) is 0 Å². The Bertz CT molecular complexity index is 384. The Morgan fingerprint density at radius 1 is 1.53 bits per heavy atom. The van der Waals surface area contributed by atoms with E-state index in [1.54, 1.807) is 13.2 Å². The van der Waals surface area contributed by atoms with E-state index in [0.29, 0.717) is 12.6 Å². The molecule has 1 N–H and O–H groups in total. The van der Waals surface area contributed by atoms with Crippen LogP contribution in [0.25, 0.3) is 0 Å². The van der Waals surface area contributed by atoms with Crippen molar-refractivity contribution in [1.82, 2.24) is 5.32 Å². The molecule has 0 spiro atoms. The van der Waals surface area contributed by atoms with Gasteiger partial charge in [0.25, 0.3) is 0 Å². The van der Waals surface area contributed by atoms with Gasteiger partial charge in [0.05, 0.1) is 6.10 Å². The fourth-order valence-electron chi connectivity index (χ4n) is 2.33. The predicted octanol–water partition coefficient (Wildman–Crippen LogP) is 1.77. The van der Waals surface area contributed by atoms with Crippen LogP contribution in [0.5, 0.6) is 0 Å². The molecule has 1 aliphatic rings. The van der Waals surface area contributed by atoms with E-state index in [0.717, 1.165) is 30.8 Å². The van der Waals surface area contributed by atoms with Gasteiger partial charge in [-0.25, -0.2) is 4.39 Å². The third-order valence-electron chi connectivity index (χ3n) is 3.23. The quantitative estimate of drug-likeness (QED) is 0.865. The maximum atomic E-state index is 13.2. The summed E-state index contributed by atoms with van der Waals surface area (Å²) in [6, 6.07) is 4.99. The number of methoxy groups -OCH3 is 1. The number of benzene rings is 1. The van der Waals surface area contributed by atoms with Crippen molar-refractivity contribution in [3.63, 3.8) is 0 Å². The summed E-state index contributed by atoms with van der Waals surface area (Å²) in [6.07, 6.45) is 1.33. The average molecular weight is 238 g/mol. The van der Waals surface area contributed by atoms with Crippen molar-refractivity contribution >= 4 is 5.69 Å². The van der Waals surface area contributed by atoms with E-state index in [1.165, 1.54) is 6.07 Å². The van der Waals surface area contributed by atoms with Crippen molar-refractivity contribution < 1.29 is 9.13 Å². The largest absolute Gasteiger partial charge is 0.380 e. The van der Waals surface area contributed by atoms with E-state index >= 15 is 0 Å². The van der Waals surface area contributed by atoms with Crippen molar-refractivity contribution in [2.45, 2.75) is 19.1 Å². The number of rotatable bonds is 4. The Kier molecular flexibility index (Phi) is 3.97. The van der Waals surface area contributed by atoms with Crippen molar-refractivity contribution in [2.75, 3.05) is 32.1 Å². The van der Waals surface area contributed by atoms with E-state index in [4.69, 9.17) is 4.74 Å². The highest BCUT2D eigenvalue weighted by Crippen LogP contribution is 2.26. The molecule has 1 aromatic carbocycles. The monoisotopic (exact) mass is 238 g/mol.